The number of likely N-dealkylation sites (N-methyl/N-ethyl adjacent to an activating group) is 1. The van der Waals surface area contributed by atoms with Crippen molar-refractivity contribution in [3.63, 3.8) is 0 Å². The average molecular weight is 212 g/mol. The molecule has 15 heavy (non-hydrogen) atoms. The summed E-state index contributed by atoms with van der Waals surface area (Å²) in [6, 6.07) is 6.15. The summed E-state index contributed by atoms with van der Waals surface area (Å²) in [6.45, 7) is 1.30. The van der Waals surface area contributed by atoms with E-state index in [0.29, 0.717) is 13.1 Å². The van der Waals surface area contributed by atoms with Crippen LogP contribution in [-0.4, -0.2) is 36.2 Å². The van der Waals surface area contributed by atoms with E-state index in [1.807, 2.05) is 11.9 Å². The fraction of sp³-hybridized carbons (Fsp3) is 0.455. The van der Waals surface area contributed by atoms with Crippen LogP contribution in [-0.2, 0) is 6.54 Å². The molecule has 0 saturated heterocycles. The quantitative estimate of drug-likeness (QED) is 0.750. The summed E-state index contributed by atoms with van der Waals surface area (Å²) in [6.07, 6.45) is 0. The maximum Gasteiger partial charge on any atom is 0.123 e. The highest BCUT2D eigenvalue weighted by Crippen LogP contribution is 2.05. The number of nitrogens with two attached hydrogens (primary N) is 1. The number of aliphatic hydroxyl groups is 1. The Morgan fingerprint density at radius 1 is 1.40 bits per heavy atom. The Kier molecular flexibility index (Phi) is 4.68. The summed E-state index contributed by atoms with van der Waals surface area (Å²) in [5.41, 5.74) is 6.63. The average Bonchev–Trinajstić information content (AvgIpc) is 2.21. The van der Waals surface area contributed by atoms with Gasteiger partial charge >= 0.3 is 0 Å². The second-order valence-corrected chi connectivity index (χ2v) is 3.77. The second kappa shape index (κ2) is 5.80. The van der Waals surface area contributed by atoms with Crippen molar-refractivity contribution < 1.29 is 9.50 Å². The largest absolute Gasteiger partial charge is 0.395 e. The zero-order valence-electron chi connectivity index (χ0n) is 8.86. The van der Waals surface area contributed by atoms with E-state index < -0.39 is 0 Å². The van der Waals surface area contributed by atoms with Crippen LogP contribution in [0.5, 0.6) is 0 Å². The van der Waals surface area contributed by atoms with E-state index in [1.165, 1.54) is 12.1 Å². The van der Waals surface area contributed by atoms with Gasteiger partial charge in [0, 0.05) is 19.1 Å². The SMILES string of the molecule is CN(Cc1ccc(F)cc1)CC(N)CO. The van der Waals surface area contributed by atoms with Crippen LogP contribution >= 0.6 is 0 Å². The monoisotopic (exact) mass is 212 g/mol. The summed E-state index contributed by atoms with van der Waals surface area (Å²) < 4.78 is 12.6. The first-order valence-electron chi connectivity index (χ1n) is 4.91. The molecule has 3 N–H and O–H groups in total. The van der Waals surface area contributed by atoms with Crippen LogP contribution in [0, 0.1) is 5.82 Å². The minimum Gasteiger partial charge on any atom is -0.395 e. The Labute approximate surface area is 89.3 Å². The fourth-order valence-corrected chi connectivity index (χ4v) is 1.42. The molecule has 0 aliphatic heterocycles. The number of hydrogen-bond acceptors (Lipinski definition) is 3. The summed E-state index contributed by atoms with van der Waals surface area (Å²) in [5.74, 6) is -0.228. The molecule has 3 nitrogen and oxygen atoms in total. The van der Waals surface area contributed by atoms with Crippen molar-refractivity contribution in [2.75, 3.05) is 20.2 Å². The zero-order chi connectivity index (χ0) is 11.3. The number of hydrogen-bond donors (Lipinski definition) is 2. The number of benzene rings is 1. The van der Waals surface area contributed by atoms with Crippen LogP contribution in [0.4, 0.5) is 4.39 Å². The first-order chi connectivity index (χ1) is 7.11. The molecule has 0 fully saturated rings. The maximum atomic E-state index is 12.6. The van der Waals surface area contributed by atoms with Crippen LogP contribution in [0.15, 0.2) is 24.3 Å². The van der Waals surface area contributed by atoms with Gasteiger partial charge in [-0.15, -0.1) is 0 Å². The zero-order valence-corrected chi connectivity index (χ0v) is 8.86. The fourth-order valence-electron chi connectivity index (χ4n) is 1.42. The Balaban J connectivity index is 2.44. The summed E-state index contributed by atoms with van der Waals surface area (Å²) in [7, 11) is 1.92. The molecular formula is C11H17FN2O. The van der Waals surface area contributed by atoms with Crippen LogP contribution in [0.2, 0.25) is 0 Å². The van der Waals surface area contributed by atoms with Crippen LogP contribution < -0.4 is 5.73 Å². The molecule has 4 heteroatoms. The molecule has 0 radical (unpaired) electrons. The van der Waals surface area contributed by atoms with Gasteiger partial charge in [0.1, 0.15) is 5.82 Å². The molecule has 0 aliphatic rings. The van der Waals surface area contributed by atoms with Crippen molar-refractivity contribution in [3.8, 4) is 0 Å². The molecular weight excluding hydrogens is 195 g/mol. The van der Waals surface area contributed by atoms with Gasteiger partial charge in [0.15, 0.2) is 0 Å². The molecule has 1 aromatic carbocycles. The highest BCUT2D eigenvalue weighted by Gasteiger charge is 2.05. The molecule has 1 aromatic rings. The van der Waals surface area contributed by atoms with Gasteiger partial charge in [-0.2, -0.15) is 0 Å². The molecule has 0 amide bonds. The Morgan fingerprint density at radius 3 is 2.53 bits per heavy atom. The molecule has 0 aromatic heterocycles. The lowest BCUT2D eigenvalue weighted by atomic mass is 10.2. The molecule has 1 unspecified atom stereocenters. The van der Waals surface area contributed by atoms with Gasteiger partial charge in [-0.25, -0.2) is 4.39 Å². The maximum absolute atomic E-state index is 12.6. The predicted octanol–water partition coefficient (Wildman–Crippen LogP) is 0.577. The normalized spacial score (nSPS) is 13.1. The van der Waals surface area contributed by atoms with Crippen molar-refractivity contribution >= 4 is 0 Å². The third-order valence-corrected chi connectivity index (χ3v) is 2.15. The van der Waals surface area contributed by atoms with E-state index in [9.17, 15) is 4.39 Å². The first kappa shape index (κ1) is 12.1. The molecule has 0 saturated carbocycles. The van der Waals surface area contributed by atoms with Crippen molar-refractivity contribution in [1.29, 1.82) is 0 Å². The Bertz CT molecular complexity index is 289. The van der Waals surface area contributed by atoms with E-state index in [0.717, 1.165) is 5.56 Å². The molecule has 0 bridgehead atoms. The Morgan fingerprint density at radius 2 is 2.00 bits per heavy atom. The minimum atomic E-state index is -0.228. The van der Waals surface area contributed by atoms with Gasteiger partial charge in [-0.1, -0.05) is 12.1 Å². The van der Waals surface area contributed by atoms with E-state index >= 15 is 0 Å². The lowest BCUT2D eigenvalue weighted by Crippen LogP contribution is -2.37. The second-order valence-electron chi connectivity index (χ2n) is 3.77. The Hall–Kier alpha value is -0.970. The van der Waals surface area contributed by atoms with E-state index in [-0.39, 0.29) is 18.5 Å². The van der Waals surface area contributed by atoms with Gasteiger partial charge in [0.25, 0.3) is 0 Å². The predicted molar refractivity (Wildman–Crippen MR) is 57.8 cm³/mol. The van der Waals surface area contributed by atoms with Crippen LogP contribution in [0.25, 0.3) is 0 Å². The van der Waals surface area contributed by atoms with Gasteiger partial charge in [-0.05, 0) is 24.7 Å². The first-order valence-corrected chi connectivity index (χ1v) is 4.91. The van der Waals surface area contributed by atoms with Crippen LogP contribution in [0.3, 0.4) is 0 Å². The minimum absolute atomic E-state index is 0.0201. The van der Waals surface area contributed by atoms with Gasteiger partial charge < -0.3 is 15.7 Å². The smallest absolute Gasteiger partial charge is 0.123 e. The summed E-state index contributed by atoms with van der Waals surface area (Å²) >= 11 is 0. The number of halogens is 1. The van der Waals surface area contributed by atoms with Gasteiger partial charge in [0.2, 0.25) is 0 Å². The van der Waals surface area contributed by atoms with E-state index in [4.69, 9.17) is 10.8 Å². The van der Waals surface area contributed by atoms with E-state index in [2.05, 4.69) is 0 Å². The van der Waals surface area contributed by atoms with Crippen molar-refractivity contribution in [1.82, 2.24) is 4.90 Å². The lowest BCUT2D eigenvalue weighted by molar-refractivity contribution is 0.218. The molecule has 84 valence electrons. The van der Waals surface area contributed by atoms with Crippen molar-refractivity contribution in [2.24, 2.45) is 5.73 Å². The van der Waals surface area contributed by atoms with Crippen molar-refractivity contribution in [2.45, 2.75) is 12.6 Å². The van der Waals surface area contributed by atoms with E-state index in [1.54, 1.807) is 12.1 Å². The van der Waals surface area contributed by atoms with Gasteiger partial charge in [-0.3, -0.25) is 0 Å². The summed E-state index contributed by atoms with van der Waals surface area (Å²) in [4.78, 5) is 1.99. The topological polar surface area (TPSA) is 49.5 Å². The van der Waals surface area contributed by atoms with Crippen molar-refractivity contribution in [3.05, 3.63) is 35.6 Å². The third kappa shape index (κ3) is 4.38. The number of aliphatic hydroxyl groups excluding tert-OH is 1. The molecule has 1 rings (SSSR count). The number of nitrogens with zero attached hydrogens (tertiary/aromatic N) is 1. The molecule has 1 atom stereocenters. The molecule has 0 aliphatic carbocycles. The molecule has 0 spiro atoms. The van der Waals surface area contributed by atoms with Gasteiger partial charge in [0.05, 0.1) is 6.61 Å². The highest BCUT2D eigenvalue weighted by atomic mass is 19.1. The third-order valence-electron chi connectivity index (χ3n) is 2.15. The standard InChI is InChI=1S/C11H17FN2O/c1-14(7-11(13)8-15)6-9-2-4-10(12)5-3-9/h2-5,11,15H,6-8,13H2,1H3. The molecule has 0 heterocycles. The highest BCUT2D eigenvalue weighted by molar-refractivity contribution is 5.15. The summed E-state index contributed by atoms with van der Waals surface area (Å²) in [5, 5.41) is 8.78. The number of rotatable bonds is 5. The lowest BCUT2D eigenvalue weighted by Gasteiger charge is -2.19. The van der Waals surface area contributed by atoms with Crippen LogP contribution in [0.1, 0.15) is 5.56 Å².